The van der Waals surface area contributed by atoms with Gasteiger partial charge in [0.15, 0.2) is 11.5 Å². The topological polar surface area (TPSA) is 111 Å². The molecule has 1 aliphatic rings. The maximum atomic E-state index is 13.4. The highest BCUT2D eigenvalue weighted by atomic mass is 16.5. The van der Waals surface area contributed by atoms with Crippen LogP contribution in [0.2, 0.25) is 0 Å². The number of anilines is 1. The minimum atomic E-state index is -0.387. The van der Waals surface area contributed by atoms with Gasteiger partial charge in [0, 0.05) is 67.6 Å². The largest absolute Gasteiger partial charge is 0.493 e. The molecule has 10 heteroatoms. The van der Waals surface area contributed by atoms with Crippen molar-refractivity contribution < 1.29 is 14.3 Å². The summed E-state index contributed by atoms with van der Waals surface area (Å²) in [6, 6.07) is 26.9. The number of nitrogens with zero attached hydrogens (tertiary/aromatic N) is 3. The highest BCUT2D eigenvalue weighted by Gasteiger charge is 2.19. The molecule has 4 aromatic carbocycles. The number of rotatable bonds is 9. The standard InChI is InChI=1S/C42H41N5O5/c1-45-25-32(34-10-5-6-11-36(34)45)22-37-41(49)44-35(42(50)46(37)2)21-28-8-7-9-30(20-28)40(48)43-33-14-12-27(13-15-33)16-18-47-19-17-29-23-38(51-3)39(52-4)24-31(29)26-47/h5-15,20-25H,16-19,26H2,1-4H3,(H,43,48)(H,44,49). The molecule has 0 radical (unpaired) electrons. The van der Waals surface area contributed by atoms with E-state index >= 15 is 0 Å². The maximum Gasteiger partial charge on any atom is 0.274 e. The molecule has 0 spiro atoms. The molecule has 7 rings (SSSR count). The zero-order valence-corrected chi connectivity index (χ0v) is 29.7. The number of ether oxygens (including phenoxy) is 2. The number of aromatic amines is 1. The molecule has 2 N–H and O–H groups in total. The molecule has 52 heavy (non-hydrogen) atoms. The number of fused-ring (bicyclic) bond motifs is 2. The summed E-state index contributed by atoms with van der Waals surface area (Å²) in [6.07, 6.45) is 7.11. The van der Waals surface area contributed by atoms with E-state index in [1.54, 1.807) is 57.7 Å². The van der Waals surface area contributed by atoms with Gasteiger partial charge in [-0.15, -0.1) is 0 Å². The first kappa shape index (κ1) is 34.3. The molecule has 0 saturated carbocycles. The Balaban J connectivity index is 1.02. The Morgan fingerprint density at radius 2 is 1.63 bits per heavy atom. The fourth-order valence-corrected chi connectivity index (χ4v) is 6.89. The van der Waals surface area contributed by atoms with Crippen LogP contribution in [0.25, 0.3) is 23.1 Å². The second kappa shape index (κ2) is 14.6. The van der Waals surface area contributed by atoms with Crippen LogP contribution in [0.4, 0.5) is 5.69 Å². The number of carbonyl (C=O) groups is 1. The lowest BCUT2D eigenvalue weighted by atomic mass is 9.98. The average Bonchev–Trinajstić information content (AvgIpc) is 3.49. The minimum absolute atomic E-state index is 0.129. The van der Waals surface area contributed by atoms with E-state index in [1.165, 1.54) is 21.3 Å². The van der Waals surface area contributed by atoms with Crippen LogP contribution in [0, 0.1) is 0 Å². The highest BCUT2D eigenvalue weighted by Crippen LogP contribution is 2.33. The van der Waals surface area contributed by atoms with Gasteiger partial charge in [-0.1, -0.05) is 42.5 Å². The van der Waals surface area contributed by atoms with E-state index in [9.17, 15) is 14.4 Å². The van der Waals surface area contributed by atoms with Gasteiger partial charge in [0.1, 0.15) is 10.7 Å². The Morgan fingerprint density at radius 3 is 2.40 bits per heavy atom. The normalized spacial score (nSPS) is 13.7. The number of nitrogens with one attached hydrogen (secondary N) is 2. The number of aromatic nitrogens is 3. The highest BCUT2D eigenvalue weighted by molar-refractivity contribution is 6.04. The lowest BCUT2D eigenvalue weighted by molar-refractivity contribution is 0.102. The Kier molecular flexibility index (Phi) is 9.65. The number of para-hydroxylation sites is 1. The number of aryl methyl sites for hydroxylation is 1. The van der Waals surface area contributed by atoms with E-state index in [-0.39, 0.29) is 27.7 Å². The third-order valence-electron chi connectivity index (χ3n) is 9.78. The Bertz CT molecular complexity index is 2550. The van der Waals surface area contributed by atoms with Gasteiger partial charge in [0.25, 0.3) is 17.0 Å². The molecule has 0 aliphatic carbocycles. The van der Waals surface area contributed by atoms with Crippen molar-refractivity contribution in [3.63, 3.8) is 0 Å². The second-order valence-electron chi connectivity index (χ2n) is 13.1. The maximum absolute atomic E-state index is 13.4. The number of hydrogen-bond acceptors (Lipinski definition) is 6. The van der Waals surface area contributed by atoms with Crippen molar-refractivity contribution in [2.75, 3.05) is 32.6 Å². The molecule has 10 nitrogen and oxygen atoms in total. The van der Waals surface area contributed by atoms with Crippen LogP contribution in [0.15, 0.2) is 101 Å². The fraction of sp³-hybridized carbons (Fsp3) is 0.214. The van der Waals surface area contributed by atoms with Crippen molar-refractivity contribution in [2.24, 2.45) is 14.1 Å². The van der Waals surface area contributed by atoms with Gasteiger partial charge in [-0.3, -0.25) is 19.3 Å². The van der Waals surface area contributed by atoms with Crippen LogP contribution in [-0.2, 0) is 33.5 Å². The van der Waals surface area contributed by atoms with Gasteiger partial charge in [-0.05, 0) is 89.7 Å². The number of methoxy groups -OCH3 is 2. The first-order valence-electron chi connectivity index (χ1n) is 17.2. The predicted molar refractivity (Wildman–Crippen MR) is 205 cm³/mol. The second-order valence-corrected chi connectivity index (χ2v) is 13.1. The summed E-state index contributed by atoms with van der Waals surface area (Å²) in [5.41, 5.74) is 6.61. The molecule has 0 bridgehead atoms. The molecular weight excluding hydrogens is 654 g/mol. The van der Waals surface area contributed by atoms with Crippen LogP contribution < -0.4 is 36.6 Å². The number of carbonyl (C=O) groups excluding carboxylic acids is 1. The zero-order chi connectivity index (χ0) is 36.4. The first-order valence-corrected chi connectivity index (χ1v) is 17.2. The quantitative estimate of drug-likeness (QED) is 0.236. The smallest absolute Gasteiger partial charge is 0.274 e. The summed E-state index contributed by atoms with van der Waals surface area (Å²) in [7, 11) is 6.86. The number of benzene rings is 4. The summed E-state index contributed by atoms with van der Waals surface area (Å²) in [4.78, 5) is 45.0. The third kappa shape index (κ3) is 7.06. The SMILES string of the molecule is COc1cc2c(cc1OC)CN(CCc1ccc(NC(=O)c3cccc(C=c4[nH]c(=O)c(=Cc5cn(C)c6ccccc56)n(C)c4=O)c3)cc1)CC2. The molecule has 1 amide bonds. The molecular formula is C42H41N5O5. The van der Waals surface area contributed by atoms with E-state index in [0.717, 1.165) is 60.4 Å². The van der Waals surface area contributed by atoms with Crippen molar-refractivity contribution in [3.8, 4) is 11.5 Å². The van der Waals surface area contributed by atoms with E-state index in [4.69, 9.17) is 9.47 Å². The molecule has 0 saturated heterocycles. The van der Waals surface area contributed by atoms with Crippen molar-refractivity contribution in [3.05, 3.63) is 156 Å². The molecule has 0 fully saturated rings. The predicted octanol–water partition coefficient (Wildman–Crippen LogP) is 4.09. The monoisotopic (exact) mass is 695 g/mol. The van der Waals surface area contributed by atoms with Gasteiger partial charge in [0.05, 0.1) is 14.2 Å². The Labute approximate surface area is 300 Å². The van der Waals surface area contributed by atoms with Crippen molar-refractivity contribution >= 4 is 34.6 Å². The minimum Gasteiger partial charge on any atom is -0.493 e. The molecule has 2 aromatic heterocycles. The van der Waals surface area contributed by atoms with Gasteiger partial charge in [0.2, 0.25) is 0 Å². The lowest BCUT2D eigenvalue weighted by Crippen LogP contribution is -2.52. The summed E-state index contributed by atoms with van der Waals surface area (Å²) >= 11 is 0. The van der Waals surface area contributed by atoms with Crippen LogP contribution >= 0.6 is 0 Å². The summed E-state index contributed by atoms with van der Waals surface area (Å²) in [5, 5.41) is 4.34. The Hall–Kier alpha value is -6.13. The van der Waals surface area contributed by atoms with E-state index in [2.05, 4.69) is 27.3 Å². The van der Waals surface area contributed by atoms with Crippen molar-refractivity contribution in [2.45, 2.75) is 19.4 Å². The van der Waals surface area contributed by atoms with Crippen LogP contribution in [0.3, 0.4) is 0 Å². The summed E-state index contributed by atoms with van der Waals surface area (Å²) < 4.78 is 14.3. The first-order chi connectivity index (χ1) is 25.2. The van der Waals surface area contributed by atoms with E-state index in [1.807, 2.05) is 66.3 Å². The molecule has 1 aliphatic heterocycles. The lowest BCUT2D eigenvalue weighted by Gasteiger charge is -2.29. The average molecular weight is 696 g/mol. The van der Waals surface area contributed by atoms with Gasteiger partial charge in [-0.2, -0.15) is 0 Å². The van der Waals surface area contributed by atoms with E-state index < -0.39 is 0 Å². The van der Waals surface area contributed by atoms with Gasteiger partial charge >= 0.3 is 0 Å². The van der Waals surface area contributed by atoms with Crippen molar-refractivity contribution in [1.29, 1.82) is 0 Å². The molecule has 0 unspecified atom stereocenters. The van der Waals surface area contributed by atoms with Gasteiger partial charge in [-0.25, -0.2) is 0 Å². The number of H-pyrrole nitrogens is 1. The molecule has 264 valence electrons. The molecule has 0 atom stereocenters. The zero-order valence-electron chi connectivity index (χ0n) is 29.7. The van der Waals surface area contributed by atoms with E-state index in [0.29, 0.717) is 16.8 Å². The number of hydrogen-bond donors (Lipinski definition) is 2. The molecule has 3 heterocycles. The third-order valence-corrected chi connectivity index (χ3v) is 9.78. The van der Waals surface area contributed by atoms with Gasteiger partial charge < -0.3 is 28.9 Å². The Morgan fingerprint density at radius 1 is 0.885 bits per heavy atom. The van der Waals surface area contributed by atoms with Crippen molar-refractivity contribution in [1.82, 2.24) is 19.0 Å². The van der Waals surface area contributed by atoms with Crippen LogP contribution in [-0.4, -0.2) is 52.2 Å². The van der Waals surface area contributed by atoms with Crippen LogP contribution in [0.1, 0.15) is 38.2 Å². The number of amides is 1. The summed E-state index contributed by atoms with van der Waals surface area (Å²) in [5.74, 6) is 1.25. The van der Waals surface area contributed by atoms with Crippen LogP contribution in [0.5, 0.6) is 11.5 Å². The summed E-state index contributed by atoms with van der Waals surface area (Å²) in [6.45, 7) is 2.76. The fourth-order valence-electron chi connectivity index (χ4n) is 6.89. The molecule has 6 aromatic rings.